The average Bonchev–Trinajstić information content (AvgIpc) is 2.26. The molecule has 3 rings (SSSR count). The van der Waals surface area contributed by atoms with Gasteiger partial charge in [-0.05, 0) is 6.08 Å². The molecule has 3 aliphatic rings. The molecule has 0 aromatic carbocycles. The molecule has 3 aliphatic heterocycles. The number of hydrogen-bond donors (Lipinski definition) is 1. The van der Waals surface area contributed by atoms with E-state index in [1.807, 2.05) is 17.2 Å². The molecule has 5 heteroatoms. The van der Waals surface area contributed by atoms with Crippen LogP contribution in [0.25, 0.3) is 0 Å². The van der Waals surface area contributed by atoms with E-state index < -0.39 is 0 Å². The fourth-order valence-electron chi connectivity index (χ4n) is 1.57. The Bertz CT molecular complexity index is 380. The highest BCUT2D eigenvalue weighted by molar-refractivity contribution is 6.05. The molecule has 0 saturated carbocycles. The fourth-order valence-corrected chi connectivity index (χ4v) is 1.57. The topological polar surface area (TPSA) is 49.2 Å². The zero-order valence-electron chi connectivity index (χ0n) is 7.60. The highest BCUT2D eigenvalue weighted by Gasteiger charge is 2.23. The number of ether oxygens (including phenoxy) is 1. The first-order valence-electron chi connectivity index (χ1n) is 4.60. The van der Waals surface area contributed by atoms with Crippen LogP contribution in [0.1, 0.15) is 0 Å². The van der Waals surface area contributed by atoms with Crippen molar-refractivity contribution in [1.82, 2.24) is 10.2 Å². The van der Waals surface area contributed by atoms with Crippen LogP contribution in [-0.4, -0.2) is 36.5 Å². The van der Waals surface area contributed by atoms with Crippen molar-refractivity contribution in [3.63, 3.8) is 0 Å². The van der Waals surface area contributed by atoms with E-state index in [1.165, 1.54) is 0 Å². The molecule has 5 nitrogen and oxygen atoms in total. The second-order valence-corrected chi connectivity index (χ2v) is 3.20. The van der Waals surface area contributed by atoms with Gasteiger partial charge < -0.3 is 15.0 Å². The smallest absolute Gasteiger partial charge is 0.242 e. The third kappa shape index (κ3) is 1.09. The third-order valence-electron chi connectivity index (χ3n) is 2.23. The van der Waals surface area contributed by atoms with E-state index in [2.05, 4.69) is 15.3 Å². The zero-order chi connectivity index (χ0) is 9.38. The van der Waals surface area contributed by atoms with E-state index in [9.17, 15) is 0 Å². The van der Waals surface area contributed by atoms with Gasteiger partial charge in [-0.15, -0.1) is 0 Å². The lowest BCUT2D eigenvalue weighted by molar-refractivity contribution is 0.282. The average molecular weight is 190 g/mol. The maximum Gasteiger partial charge on any atom is 0.242 e. The van der Waals surface area contributed by atoms with E-state index in [-0.39, 0.29) is 0 Å². The Morgan fingerprint density at radius 1 is 1.50 bits per heavy atom. The zero-order valence-corrected chi connectivity index (χ0v) is 7.60. The largest absolute Gasteiger partial charge is 0.474 e. The standard InChI is InChI=1S/C9H10N4O/c1-2-11-9-12-8-7(6-13(9)4-1)10-3-5-14-8/h1-2,6,10H,3-5H2. The summed E-state index contributed by atoms with van der Waals surface area (Å²) in [6, 6.07) is 0. The van der Waals surface area contributed by atoms with Crippen molar-refractivity contribution in [1.29, 1.82) is 0 Å². The molecule has 1 N–H and O–H groups in total. The second-order valence-electron chi connectivity index (χ2n) is 3.20. The van der Waals surface area contributed by atoms with Crippen molar-refractivity contribution >= 4 is 11.9 Å². The van der Waals surface area contributed by atoms with Gasteiger partial charge in [0.2, 0.25) is 11.9 Å². The lowest BCUT2D eigenvalue weighted by atomic mass is 10.3. The Balaban J connectivity index is 1.99. The summed E-state index contributed by atoms with van der Waals surface area (Å²) in [5.41, 5.74) is 0.950. The summed E-state index contributed by atoms with van der Waals surface area (Å²) in [7, 11) is 0. The Hall–Kier alpha value is -1.78. The van der Waals surface area contributed by atoms with Crippen LogP contribution in [0.15, 0.2) is 34.2 Å². The molecule has 0 atom stereocenters. The van der Waals surface area contributed by atoms with Gasteiger partial charge in [-0.2, -0.15) is 4.99 Å². The molecule has 1 saturated heterocycles. The summed E-state index contributed by atoms with van der Waals surface area (Å²) in [6.07, 6.45) is 5.75. The first kappa shape index (κ1) is 7.61. The van der Waals surface area contributed by atoms with Crippen LogP contribution in [0.4, 0.5) is 0 Å². The van der Waals surface area contributed by atoms with E-state index in [0.29, 0.717) is 18.5 Å². The Morgan fingerprint density at radius 2 is 2.50 bits per heavy atom. The molecule has 0 spiro atoms. The number of nitrogens with zero attached hydrogens (tertiary/aromatic N) is 3. The lowest BCUT2D eigenvalue weighted by Crippen LogP contribution is -2.41. The molecular formula is C9H10N4O. The summed E-state index contributed by atoms with van der Waals surface area (Å²) in [4.78, 5) is 10.5. The molecule has 0 amide bonds. The number of rotatable bonds is 0. The molecule has 14 heavy (non-hydrogen) atoms. The summed E-state index contributed by atoms with van der Waals surface area (Å²) < 4.78 is 5.42. The van der Waals surface area contributed by atoms with Crippen LogP contribution >= 0.6 is 0 Å². The SMILES string of the molecule is C1=CN=C2N=C3OCCNC3=CN2C1. The normalized spacial score (nSPS) is 23.4. The summed E-state index contributed by atoms with van der Waals surface area (Å²) in [5, 5.41) is 3.24. The predicted octanol–water partition coefficient (Wildman–Crippen LogP) is 0.0450. The minimum absolute atomic E-state index is 0.654. The number of hydrogen-bond acceptors (Lipinski definition) is 5. The van der Waals surface area contributed by atoms with Crippen LogP contribution < -0.4 is 5.32 Å². The molecule has 0 aromatic rings. The van der Waals surface area contributed by atoms with Gasteiger partial charge in [-0.3, -0.25) is 0 Å². The highest BCUT2D eigenvalue weighted by Crippen LogP contribution is 2.14. The van der Waals surface area contributed by atoms with Crippen molar-refractivity contribution in [3.8, 4) is 0 Å². The van der Waals surface area contributed by atoms with Gasteiger partial charge in [-0.25, -0.2) is 4.99 Å². The van der Waals surface area contributed by atoms with E-state index >= 15 is 0 Å². The molecule has 0 bridgehead atoms. The van der Waals surface area contributed by atoms with Gasteiger partial charge in [0.25, 0.3) is 0 Å². The molecule has 3 heterocycles. The van der Waals surface area contributed by atoms with Crippen LogP contribution in [0.3, 0.4) is 0 Å². The number of morpholine rings is 1. The van der Waals surface area contributed by atoms with Crippen LogP contribution in [0.5, 0.6) is 0 Å². The van der Waals surface area contributed by atoms with Crippen molar-refractivity contribution in [2.75, 3.05) is 19.7 Å². The minimum Gasteiger partial charge on any atom is -0.474 e. The van der Waals surface area contributed by atoms with Crippen molar-refractivity contribution in [3.05, 3.63) is 24.2 Å². The second kappa shape index (κ2) is 2.87. The summed E-state index contributed by atoms with van der Waals surface area (Å²) >= 11 is 0. The Morgan fingerprint density at radius 3 is 3.50 bits per heavy atom. The van der Waals surface area contributed by atoms with Gasteiger partial charge in [0.15, 0.2) is 0 Å². The van der Waals surface area contributed by atoms with Crippen molar-refractivity contribution in [2.45, 2.75) is 0 Å². The predicted molar refractivity (Wildman–Crippen MR) is 52.8 cm³/mol. The quantitative estimate of drug-likeness (QED) is 0.587. The lowest BCUT2D eigenvalue weighted by Gasteiger charge is -2.29. The monoisotopic (exact) mass is 190 g/mol. The molecule has 0 aromatic heterocycles. The maximum absolute atomic E-state index is 5.42. The van der Waals surface area contributed by atoms with E-state index in [1.54, 1.807) is 6.20 Å². The van der Waals surface area contributed by atoms with Crippen LogP contribution in [-0.2, 0) is 4.74 Å². The first-order chi connectivity index (χ1) is 6.93. The number of guanidine groups is 1. The summed E-state index contributed by atoms with van der Waals surface area (Å²) in [6.45, 7) is 2.32. The van der Waals surface area contributed by atoms with E-state index in [4.69, 9.17) is 4.74 Å². The van der Waals surface area contributed by atoms with E-state index in [0.717, 1.165) is 18.8 Å². The molecular weight excluding hydrogens is 180 g/mol. The molecule has 0 aliphatic carbocycles. The molecule has 1 fully saturated rings. The van der Waals surface area contributed by atoms with Gasteiger partial charge in [0.1, 0.15) is 12.3 Å². The minimum atomic E-state index is 0.654. The number of fused-ring (bicyclic) bond motifs is 2. The van der Waals surface area contributed by atoms with Crippen molar-refractivity contribution < 1.29 is 4.74 Å². The van der Waals surface area contributed by atoms with Gasteiger partial charge in [0.05, 0.1) is 0 Å². The van der Waals surface area contributed by atoms with Gasteiger partial charge in [-0.1, -0.05) is 0 Å². The number of nitrogens with one attached hydrogen (secondary N) is 1. The van der Waals surface area contributed by atoms with Crippen molar-refractivity contribution in [2.24, 2.45) is 9.98 Å². The molecule has 0 radical (unpaired) electrons. The highest BCUT2D eigenvalue weighted by atomic mass is 16.5. The van der Waals surface area contributed by atoms with Crippen LogP contribution in [0.2, 0.25) is 0 Å². The number of aliphatic imine (C=N–C) groups is 2. The Labute approximate surface area is 81.5 Å². The van der Waals surface area contributed by atoms with Crippen LogP contribution in [0, 0.1) is 0 Å². The summed E-state index contributed by atoms with van der Waals surface area (Å²) in [5.74, 6) is 1.36. The third-order valence-corrected chi connectivity index (χ3v) is 2.23. The maximum atomic E-state index is 5.42. The van der Waals surface area contributed by atoms with Gasteiger partial charge >= 0.3 is 0 Å². The molecule has 0 unspecified atom stereocenters. The molecule has 72 valence electrons. The van der Waals surface area contributed by atoms with Gasteiger partial charge in [0, 0.05) is 25.5 Å². The first-order valence-corrected chi connectivity index (χ1v) is 4.60. The Kier molecular flexibility index (Phi) is 1.56. The fraction of sp³-hybridized carbons (Fsp3) is 0.333.